The van der Waals surface area contributed by atoms with Gasteiger partial charge in [-0.2, -0.15) is 0 Å². The Labute approximate surface area is 193 Å². The Bertz CT molecular complexity index is 1080. The van der Waals surface area contributed by atoms with Crippen molar-refractivity contribution in [1.29, 1.82) is 0 Å². The summed E-state index contributed by atoms with van der Waals surface area (Å²) < 4.78 is 26.7. The van der Waals surface area contributed by atoms with Crippen LogP contribution in [0.1, 0.15) is 36.2 Å². The van der Waals surface area contributed by atoms with Crippen LogP contribution in [0.25, 0.3) is 10.9 Å². The number of aryl methyl sites for hydroxylation is 1. The van der Waals surface area contributed by atoms with E-state index in [1.54, 1.807) is 6.07 Å². The first-order valence-corrected chi connectivity index (χ1v) is 11.2. The van der Waals surface area contributed by atoms with Gasteiger partial charge < -0.3 is 30.2 Å². The second-order valence-corrected chi connectivity index (χ2v) is 7.96. The van der Waals surface area contributed by atoms with E-state index < -0.39 is 5.91 Å². The Morgan fingerprint density at radius 1 is 1.21 bits per heavy atom. The molecule has 33 heavy (non-hydrogen) atoms. The molecule has 0 saturated heterocycles. The Kier molecular flexibility index (Phi) is 8.68. The molecule has 7 nitrogen and oxygen atoms in total. The van der Waals surface area contributed by atoms with Crippen LogP contribution in [-0.2, 0) is 13.0 Å². The molecular formula is C25H32FN3O4. The third kappa shape index (κ3) is 6.46. The summed E-state index contributed by atoms with van der Waals surface area (Å²) >= 11 is 0. The normalized spacial score (nSPS) is 12.1. The molecule has 4 N–H and O–H groups in total. The molecule has 0 aliphatic heterocycles. The van der Waals surface area contributed by atoms with E-state index in [0.717, 1.165) is 16.5 Å². The van der Waals surface area contributed by atoms with E-state index in [4.69, 9.17) is 20.3 Å². The molecule has 1 amide bonds. The maximum atomic E-state index is 13.5. The van der Waals surface area contributed by atoms with E-state index >= 15 is 0 Å². The van der Waals surface area contributed by atoms with Crippen molar-refractivity contribution >= 4 is 16.8 Å². The van der Waals surface area contributed by atoms with Crippen molar-refractivity contribution in [3.8, 4) is 11.5 Å². The number of aliphatic hydroxyl groups excluding tert-OH is 1. The van der Waals surface area contributed by atoms with Crippen molar-refractivity contribution in [2.45, 2.75) is 39.3 Å². The lowest BCUT2D eigenvalue weighted by atomic mass is 10.0. The van der Waals surface area contributed by atoms with Crippen LogP contribution in [0.15, 0.2) is 42.6 Å². The number of aromatic nitrogens is 1. The van der Waals surface area contributed by atoms with E-state index in [1.165, 1.54) is 12.1 Å². The van der Waals surface area contributed by atoms with Gasteiger partial charge in [-0.25, -0.2) is 4.39 Å². The number of carbonyl (C=O) groups is 1. The first-order chi connectivity index (χ1) is 15.9. The van der Waals surface area contributed by atoms with Gasteiger partial charge in [-0.05, 0) is 62.6 Å². The van der Waals surface area contributed by atoms with Crippen LogP contribution >= 0.6 is 0 Å². The topological polar surface area (TPSA) is 98.7 Å². The number of amides is 1. The highest BCUT2D eigenvalue weighted by Crippen LogP contribution is 2.28. The monoisotopic (exact) mass is 457 g/mol. The van der Waals surface area contributed by atoms with Crippen molar-refractivity contribution in [3.05, 3.63) is 59.5 Å². The average Bonchev–Trinajstić information content (AvgIpc) is 3.19. The molecule has 0 aliphatic rings. The maximum absolute atomic E-state index is 13.5. The zero-order chi connectivity index (χ0) is 23.8. The number of nitrogens with two attached hydrogens (primary N) is 1. The number of primary amides is 1. The second kappa shape index (κ2) is 11.7. The fourth-order valence-corrected chi connectivity index (χ4v) is 3.91. The highest BCUT2D eigenvalue weighted by Gasteiger charge is 2.15. The minimum atomic E-state index is -0.472. The molecule has 0 fully saturated rings. The van der Waals surface area contributed by atoms with Gasteiger partial charge in [0.1, 0.15) is 12.4 Å². The number of carbonyl (C=O) groups excluding carboxylic acids is 1. The first kappa shape index (κ1) is 24.5. The number of hydrogen-bond acceptors (Lipinski definition) is 5. The zero-order valence-electron chi connectivity index (χ0n) is 19.1. The van der Waals surface area contributed by atoms with Gasteiger partial charge in [0, 0.05) is 43.4 Å². The second-order valence-electron chi connectivity index (χ2n) is 7.96. The Morgan fingerprint density at radius 3 is 2.76 bits per heavy atom. The fraction of sp³-hybridized carbons (Fsp3) is 0.400. The van der Waals surface area contributed by atoms with E-state index in [1.807, 2.05) is 36.7 Å². The number of nitrogens with zero attached hydrogens (tertiary/aromatic N) is 1. The van der Waals surface area contributed by atoms with Crippen molar-refractivity contribution in [1.82, 2.24) is 9.88 Å². The summed E-state index contributed by atoms with van der Waals surface area (Å²) in [4.78, 5) is 12.1. The van der Waals surface area contributed by atoms with Gasteiger partial charge in [0.05, 0.1) is 17.7 Å². The molecule has 1 aromatic heterocycles. The van der Waals surface area contributed by atoms with Gasteiger partial charge in [-0.3, -0.25) is 4.79 Å². The molecular weight excluding hydrogens is 425 g/mol. The average molecular weight is 458 g/mol. The highest BCUT2D eigenvalue weighted by molar-refractivity contribution is 6.05. The summed E-state index contributed by atoms with van der Waals surface area (Å²) in [5, 5.41) is 13.5. The summed E-state index contributed by atoms with van der Waals surface area (Å²) in [7, 11) is 0. The van der Waals surface area contributed by atoms with Crippen LogP contribution in [0.2, 0.25) is 0 Å². The lowest BCUT2D eigenvalue weighted by Crippen LogP contribution is -2.32. The van der Waals surface area contributed by atoms with Gasteiger partial charge in [0.2, 0.25) is 0 Å². The quantitative estimate of drug-likeness (QED) is 0.342. The van der Waals surface area contributed by atoms with Gasteiger partial charge >= 0.3 is 0 Å². The van der Waals surface area contributed by atoms with Crippen LogP contribution in [0.3, 0.4) is 0 Å². The first-order valence-electron chi connectivity index (χ1n) is 11.2. The van der Waals surface area contributed by atoms with Crippen molar-refractivity contribution in [2.75, 3.05) is 26.4 Å². The largest absolute Gasteiger partial charge is 0.490 e. The molecule has 2 aromatic carbocycles. The van der Waals surface area contributed by atoms with Crippen LogP contribution in [0.5, 0.6) is 11.5 Å². The Hall–Kier alpha value is -3.10. The van der Waals surface area contributed by atoms with Gasteiger partial charge in [0.25, 0.3) is 5.91 Å². The zero-order valence-corrected chi connectivity index (χ0v) is 19.1. The number of rotatable bonds is 13. The van der Waals surface area contributed by atoms with Crippen LogP contribution in [-0.4, -0.2) is 48.0 Å². The summed E-state index contributed by atoms with van der Waals surface area (Å²) in [5.74, 6) is 0.0550. The van der Waals surface area contributed by atoms with Gasteiger partial charge in [0.15, 0.2) is 11.5 Å². The maximum Gasteiger partial charge on any atom is 0.250 e. The number of benzene rings is 2. The molecule has 178 valence electrons. The molecule has 0 bridgehead atoms. The van der Waals surface area contributed by atoms with E-state index in [-0.39, 0.29) is 18.5 Å². The smallest absolute Gasteiger partial charge is 0.250 e. The molecule has 8 heteroatoms. The minimum Gasteiger partial charge on any atom is -0.490 e. The molecule has 0 spiro atoms. The van der Waals surface area contributed by atoms with Crippen molar-refractivity contribution in [3.63, 3.8) is 0 Å². The molecule has 3 aromatic rings. The Balaban J connectivity index is 1.60. The fourth-order valence-electron chi connectivity index (χ4n) is 3.91. The van der Waals surface area contributed by atoms with Gasteiger partial charge in [-0.1, -0.05) is 0 Å². The lowest BCUT2D eigenvalue weighted by molar-refractivity contribution is 0.100. The standard InChI is InChI=1S/C25H32FN3O4/c1-3-32-22-6-5-20(26)16-23(22)33-12-8-28-17(2)13-18-14-19-7-10-29(9-4-11-30)24(19)21(15-18)25(27)31/h5-7,10,14-17,28,30H,3-4,8-9,11-13H2,1-2H3,(H2,27,31). The molecule has 0 saturated carbocycles. The number of halogens is 1. The summed E-state index contributed by atoms with van der Waals surface area (Å²) in [5.41, 5.74) is 7.95. The third-order valence-corrected chi connectivity index (χ3v) is 5.34. The van der Waals surface area contributed by atoms with Crippen molar-refractivity contribution in [2.24, 2.45) is 5.73 Å². The number of nitrogens with one attached hydrogen (secondary N) is 1. The molecule has 3 rings (SSSR count). The molecule has 0 radical (unpaired) electrons. The molecule has 0 aliphatic carbocycles. The Morgan fingerprint density at radius 2 is 2.03 bits per heavy atom. The summed E-state index contributed by atoms with van der Waals surface area (Å²) in [6.07, 6.45) is 3.22. The van der Waals surface area contributed by atoms with E-state index in [2.05, 4.69) is 11.4 Å². The summed E-state index contributed by atoms with van der Waals surface area (Å²) in [6, 6.07) is 10.2. The predicted molar refractivity (Wildman–Crippen MR) is 126 cm³/mol. The minimum absolute atomic E-state index is 0.0860. The van der Waals surface area contributed by atoms with Crippen LogP contribution in [0, 0.1) is 5.82 Å². The van der Waals surface area contributed by atoms with Gasteiger partial charge in [-0.15, -0.1) is 0 Å². The lowest BCUT2D eigenvalue weighted by Gasteiger charge is -2.16. The SMILES string of the molecule is CCOc1ccc(F)cc1OCCNC(C)Cc1cc(C(N)=O)c2c(ccn2CCCO)c1. The molecule has 1 atom stereocenters. The summed E-state index contributed by atoms with van der Waals surface area (Å²) in [6.45, 7) is 6.00. The molecule has 1 unspecified atom stereocenters. The number of fused-ring (bicyclic) bond motifs is 1. The van der Waals surface area contributed by atoms with E-state index in [9.17, 15) is 9.18 Å². The third-order valence-electron chi connectivity index (χ3n) is 5.34. The number of aliphatic hydroxyl groups is 1. The predicted octanol–water partition coefficient (Wildman–Crippen LogP) is 3.26. The van der Waals surface area contributed by atoms with Crippen LogP contribution < -0.4 is 20.5 Å². The molecule has 1 heterocycles. The highest BCUT2D eigenvalue weighted by atomic mass is 19.1. The number of hydrogen-bond donors (Lipinski definition) is 3. The number of ether oxygens (including phenoxy) is 2. The van der Waals surface area contributed by atoms with E-state index in [0.29, 0.717) is 56.2 Å². The van der Waals surface area contributed by atoms with Crippen LogP contribution in [0.4, 0.5) is 4.39 Å². The van der Waals surface area contributed by atoms with Crippen molar-refractivity contribution < 1.29 is 23.8 Å².